The first kappa shape index (κ1) is 21.4. The summed E-state index contributed by atoms with van der Waals surface area (Å²) in [5, 5.41) is 5.75. The summed E-state index contributed by atoms with van der Waals surface area (Å²) in [6, 6.07) is 5.00. The molecule has 2 fully saturated rings. The summed E-state index contributed by atoms with van der Waals surface area (Å²) in [6.45, 7) is 2.92. The molecule has 1 atom stereocenters. The van der Waals surface area contributed by atoms with Gasteiger partial charge in [-0.25, -0.2) is 9.18 Å². The van der Waals surface area contributed by atoms with Gasteiger partial charge in [-0.2, -0.15) is 0 Å². The molecule has 1 saturated heterocycles. The first-order valence-electron chi connectivity index (χ1n) is 10.9. The molecule has 3 rings (SSSR count). The van der Waals surface area contributed by atoms with E-state index in [1.54, 1.807) is 17.0 Å². The summed E-state index contributed by atoms with van der Waals surface area (Å²) >= 11 is 0. The van der Waals surface area contributed by atoms with Crippen molar-refractivity contribution in [2.24, 2.45) is 0 Å². The lowest BCUT2D eigenvalue weighted by Crippen LogP contribution is -2.50. The highest BCUT2D eigenvalue weighted by Gasteiger charge is 2.25. The van der Waals surface area contributed by atoms with E-state index >= 15 is 0 Å². The van der Waals surface area contributed by atoms with E-state index in [0.29, 0.717) is 36.9 Å². The van der Waals surface area contributed by atoms with Crippen LogP contribution < -0.4 is 15.5 Å². The fraction of sp³-hybridized carbons (Fsp3) is 0.636. The number of rotatable bonds is 5. The highest BCUT2D eigenvalue weighted by molar-refractivity contribution is 5.89. The maximum Gasteiger partial charge on any atom is 0.321 e. The topological polar surface area (TPSA) is 64.7 Å². The lowest BCUT2D eigenvalue weighted by Gasteiger charge is -2.34. The van der Waals surface area contributed by atoms with Crippen molar-refractivity contribution < 1.29 is 14.0 Å². The smallest absolute Gasteiger partial charge is 0.321 e. The number of hydrogen-bond donors (Lipinski definition) is 2. The number of benzene rings is 1. The summed E-state index contributed by atoms with van der Waals surface area (Å²) < 4.78 is 14.7. The van der Waals surface area contributed by atoms with Gasteiger partial charge in [0.2, 0.25) is 5.91 Å². The second kappa shape index (κ2) is 9.94. The molecule has 0 bridgehead atoms. The largest absolute Gasteiger partial charge is 0.369 e. The zero-order valence-electron chi connectivity index (χ0n) is 17.5. The maximum absolute atomic E-state index is 14.7. The van der Waals surface area contributed by atoms with E-state index in [1.165, 1.54) is 25.3 Å². The number of nitrogens with one attached hydrogen (secondary N) is 2. The first-order chi connectivity index (χ1) is 14.0. The zero-order valence-corrected chi connectivity index (χ0v) is 17.5. The average Bonchev–Trinajstić information content (AvgIpc) is 2.74. The van der Waals surface area contributed by atoms with Crippen molar-refractivity contribution in [3.63, 3.8) is 0 Å². The molecule has 2 N–H and O–H groups in total. The van der Waals surface area contributed by atoms with Crippen LogP contribution >= 0.6 is 0 Å². The van der Waals surface area contributed by atoms with Crippen LogP contribution in [0.3, 0.4) is 0 Å². The molecule has 6 nitrogen and oxygen atoms in total. The minimum absolute atomic E-state index is 0.00277. The van der Waals surface area contributed by atoms with Gasteiger partial charge < -0.3 is 20.4 Å². The van der Waals surface area contributed by atoms with Crippen LogP contribution in [0.25, 0.3) is 0 Å². The molecule has 1 aromatic rings. The zero-order chi connectivity index (χ0) is 20.8. The Labute approximate surface area is 172 Å². The molecule has 0 aromatic heterocycles. The van der Waals surface area contributed by atoms with E-state index in [4.69, 9.17) is 0 Å². The summed E-state index contributed by atoms with van der Waals surface area (Å²) in [7, 11) is 1.95. The SMILES string of the molecule is CCC(=O)NC1CCCN(C(=O)Nc2ccc(N(C)C3CCCCC3)c(F)c2)C1. The van der Waals surface area contributed by atoms with Gasteiger partial charge >= 0.3 is 6.03 Å². The van der Waals surface area contributed by atoms with Crippen molar-refractivity contribution in [3.05, 3.63) is 24.0 Å². The molecule has 1 saturated carbocycles. The summed E-state index contributed by atoms with van der Waals surface area (Å²) in [6.07, 6.45) is 7.98. The first-order valence-corrected chi connectivity index (χ1v) is 10.9. The fourth-order valence-electron chi connectivity index (χ4n) is 4.35. The Morgan fingerprint density at radius 2 is 1.93 bits per heavy atom. The van der Waals surface area contributed by atoms with Gasteiger partial charge in [-0.15, -0.1) is 0 Å². The third-order valence-corrected chi connectivity index (χ3v) is 6.10. The second-order valence-electron chi connectivity index (χ2n) is 8.21. The van der Waals surface area contributed by atoms with Crippen molar-refractivity contribution in [1.29, 1.82) is 0 Å². The van der Waals surface area contributed by atoms with E-state index in [-0.39, 0.29) is 23.8 Å². The summed E-state index contributed by atoms with van der Waals surface area (Å²) in [5.74, 6) is -0.320. The number of amides is 3. The van der Waals surface area contributed by atoms with Crippen LogP contribution in [-0.4, -0.2) is 49.1 Å². The van der Waals surface area contributed by atoms with Gasteiger partial charge in [0.05, 0.1) is 5.69 Å². The van der Waals surface area contributed by atoms with Gasteiger partial charge in [-0.05, 0) is 43.9 Å². The number of hydrogen-bond acceptors (Lipinski definition) is 3. The highest BCUT2D eigenvalue weighted by atomic mass is 19.1. The molecule has 0 radical (unpaired) electrons. The number of piperidine rings is 1. The predicted molar refractivity (Wildman–Crippen MR) is 114 cm³/mol. The van der Waals surface area contributed by atoms with Crippen molar-refractivity contribution in [3.8, 4) is 0 Å². The number of halogens is 1. The van der Waals surface area contributed by atoms with Crippen molar-refractivity contribution >= 4 is 23.3 Å². The molecule has 1 aliphatic carbocycles. The normalized spacial score (nSPS) is 20.2. The van der Waals surface area contributed by atoms with Crippen LogP contribution in [0.1, 0.15) is 58.3 Å². The molecule has 1 aromatic carbocycles. The number of nitrogens with zero attached hydrogens (tertiary/aromatic N) is 2. The number of likely N-dealkylation sites (tertiary alicyclic amines) is 1. The number of anilines is 2. The fourth-order valence-corrected chi connectivity index (χ4v) is 4.35. The van der Waals surface area contributed by atoms with Crippen LogP contribution in [0, 0.1) is 5.82 Å². The third-order valence-electron chi connectivity index (χ3n) is 6.10. The highest BCUT2D eigenvalue weighted by Crippen LogP contribution is 2.29. The minimum atomic E-state index is -0.317. The number of urea groups is 1. The predicted octanol–water partition coefficient (Wildman–Crippen LogP) is 4.12. The van der Waals surface area contributed by atoms with E-state index < -0.39 is 0 Å². The molecule has 2 aliphatic rings. The van der Waals surface area contributed by atoms with Gasteiger partial charge in [-0.3, -0.25) is 4.79 Å². The molecule has 29 heavy (non-hydrogen) atoms. The standard InChI is InChI=1S/C22H33FN4O2/c1-3-21(28)24-17-8-7-13-27(15-17)22(29)25-16-11-12-20(19(23)14-16)26(2)18-9-5-4-6-10-18/h11-12,14,17-18H,3-10,13,15H2,1-2H3,(H,24,28)(H,25,29). The van der Waals surface area contributed by atoms with Gasteiger partial charge in [-0.1, -0.05) is 26.2 Å². The Balaban J connectivity index is 1.59. The van der Waals surface area contributed by atoms with E-state index in [9.17, 15) is 14.0 Å². The van der Waals surface area contributed by atoms with E-state index in [1.807, 2.05) is 18.9 Å². The van der Waals surface area contributed by atoms with Crippen molar-refractivity contribution in [2.45, 2.75) is 70.4 Å². The Bertz CT molecular complexity index is 721. The van der Waals surface area contributed by atoms with Gasteiger partial charge in [0.25, 0.3) is 0 Å². The van der Waals surface area contributed by atoms with Crippen LogP contribution in [0.2, 0.25) is 0 Å². The third kappa shape index (κ3) is 5.61. The molecule has 1 unspecified atom stereocenters. The molecular weight excluding hydrogens is 371 g/mol. The minimum Gasteiger partial charge on any atom is -0.369 e. The summed E-state index contributed by atoms with van der Waals surface area (Å²) in [5.41, 5.74) is 1.03. The average molecular weight is 405 g/mol. The molecular formula is C22H33FN4O2. The Kier molecular flexibility index (Phi) is 7.34. The second-order valence-corrected chi connectivity index (χ2v) is 8.21. The van der Waals surface area contributed by atoms with Gasteiger partial charge in [0.1, 0.15) is 5.82 Å². The molecule has 7 heteroatoms. The molecule has 1 aliphatic heterocycles. The van der Waals surface area contributed by atoms with Crippen LogP contribution in [0.4, 0.5) is 20.6 Å². The lowest BCUT2D eigenvalue weighted by atomic mass is 9.94. The lowest BCUT2D eigenvalue weighted by molar-refractivity contribution is -0.121. The monoisotopic (exact) mass is 404 g/mol. The Hall–Kier alpha value is -2.31. The van der Waals surface area contributed by atoms with Crippen LogP contribution in [0.5, 0.6) is 0 Å². The Morgan fingerprint density at radius 1 is 1.17 bits per heavy atom. The summed E-state index contributed by atoms with van der Waals surface area (Å²) in [4.78, 5) is 27.9. The van der Waals surface area contributed by atoms with E-state index in [0.717, 1.165) is 25.7 Å². The maximum atomic E-state index is 14.7. The molecule has 1 heterocycles. The van der Waals surface area contributed by atoms with Gasteiger partial charge in [0, 0.05) is 44.3 Å². The van der Waals surface area contributed by atoms with Crippen LogP contribution in [0.15, 0.2) is 18.2 Å². The number of carbonyl (C=O) groups excluding carboxylic acids is 2. The van der Waals surface area contributed by atoms with Crippen LogP contribution in [-0.2, 0) is 4.79 Å². The van der Waals surface area contributed by atoms with Gasteiger partial charge in [0.15, 0.2) is 0 Å². The van der Waals surface area contributed by atoms with E-state index in [2.05, 4.69) is 10.6 Å². The quantitative estimate of drug-likeness (QED) is 0.776. The van der Waals surface area contributed by atoms with Crippen molar-refractivity contribution in [2.75, 3.05) is 30.4 Å². The number of carbonyl (C=O) groups is 2. The Morgan fingerprint density at radius 3 is 2.62 bits per heavy atom. The van der Waals surface area contributed by atoms with Crippen molar-refractivity contribution in [1.82, 2.24) is 10.2 Å². The molecule has 0 spiro atoms. The molecule has 3 amide bonds. The molecule has 160 valence electrons.